The van der Waals surface area contributed by atoms with Crippen LogP contribution >= 0.6 is 0 Å². The van der Waals surface area contributed by atoms with E-state index in [1.807, 2.05) is 17.9 Å². The van der Waals surface area contributed by atoms with Gasteiger partial charge in [0.1, 0.15) is 5.69 Å². The second-order valence-corrected chi connectivity index (χ2v) is 5.64. The van der Waals surface area contributed by atoms with Crippen molar-refractivity contribution in [3.63, 3.8) is 0 Å². The van der Waals surface area contributed by atoms with Crippen molar-refractivity contribution in [2.24, 2.45) is 0 Å². The Morgan fingerprint density at radius 2 is 2.18 bits per heavy atom. The predicted octanol–water partition coefficient (Wildman–Crippen LogP) is 2.58. The molecule has 3 aromatic rings. The van der Waals surface area contributed by atoms with Crippen LogP contribution in [-0.4, -0.2) is 32.1 Å². The molecule has 5 heteroatoms. The molecule has 5 nitrogen and oxygen atoms in total. The third kappa shape index (κ3) is 1.93. The molecule has 22 heavy (non-hydrogen) atoms. The molecule has 0 saturated carbocycles. The Kier molecular flexibility index (Phi) is 2.99. The smallest absolute Gasteiger partial charge is 0.272 e. The first-order valence-corrected chi connectivity index (χ1v) is 7.67. The lowest BCUT2D eigenvalue weighted by Crippen LogP contribution is -2.37. The summed E-state index contributed by atoms with van der Waals surface area (Å²) < 4.78 is 1.75. The summed E-state index contributed by atoms with van der Waals surface area (Å²) in [4.78, 5) is 18.1. The van der Waals surface area contributed by atoms with Gasteiger partial charge in [0.2, 0.25) is 0 Å². The minimum absolute atomic E-state index is 0.0589. The van der Waals surface area contributed by atoms with Crippen molar-refractivity contribution in [2.45, 2.75) is 26.4 Å². The first kappa shape index (κ1) is 13.1. The molecule has 0 atom stereocenters. The minimum atomic E-state index is 0.0589. The van der Waals surface area contributed by atoms with E-state index in [2.05, 4.69) is 28.3 Å². The Bertz CT molecular complexity index is 845. The maximum Gasteiger partial charge on any atom is 0.272 e. The van der Waals surface area contributed by atoms with Gasteiger partial charge in [-0.15, -0.1) is 0 Å². The molecule has 3 heterocycles. The molecule has 0 radical (unpaired) electrons. The fraction of sp³-hybridized carbons (Fsp3) is 0.294. The van der Waals surface area contributed by atoms with Crippen LogP contribution in [0.1, 0.15) is 28.7 Å². The first-order chi connectivity index (χ1) is 10.8. The van der Waals surface area contributed by atoms with E-state index in [0.29, 0.717) is 18.8 Å². The molecule has 4 rings (SSSR count). The highest BCUT2D eigenvalue weighted by Gasteiger charge is 2.26. The van der Waals surface area contributed by atoms with Gasteiger partial charge in [0, 0.05) is 35.9 Å². The molecule has 2 aromatic heterocycles. The zero-order valence-electron chi connectivity index (χ0n) is 12.5. The normalized spacial score (nSPS) is 14.3. The summed E-state index contributed by atoms with van der Waals surface area (Å²) in [5, 5.41) is 5.47. The lowest BCUT2D eigenvalue weighted by molar-refractivity contribution is 0.0720. The highest BCUT2D eigenvalue weighted by molar-refractivity contribution is 5.93. The van der Waals surface area contributed by atoms with Crippen molar-refractivity contribution >= 4 is 16.8 Å². The summed E-state index contributed by atoms with van der Waals surface area (Å²) in [5.41, 5.74) is 4.33. The molecule has 1 amide bonds. The Balaban J connectivity index is 1.66. The number of H-pyrrole nitrogens is 1. The second-order valence-electron chi connectivity index (χ2n) is 5.64. The van der Waals surface area contributed by atoms with E-state index in [4.69, 9.17) is 0 Å². The average Bonchev–Trinajstić information content (AvgIpc) is 3.17. The summed E-state index contributed by atoms with van der Waals surface area (Å²) in [5.74, 6) is 0.0589. The maximum atomic E-state index is 12.7. The van der Waals surface area contributed by atoms with Crippen LogP contribution in [0.25, 0.3) is 10.9 Å². The summed E-state index contributed by atoms with van der Waals surface area (Å²) in [6, 6.07) is 10.1. The predicted molar refractivity (Wildman–Crippen MR) is 84.6 cm³/mol. The van der Waals surface area contributed by atoms with E-state index in [-0.39, 0.29) is 5.91 Å². The first-order valence-electron chi connectivity index (χ1n) is 7.67. The lowest BCUT2D eigenvalue weighted by Gasteiger charge is -2.27. The van der Waals surface area contributed by atoms with Crippen LogP contribution in [0.3, 0.4) is 0 Å². The van der Waals surface area contributed by atoms with E-state index in [1.54, 1.807) is 16.9 Å². The Morgan fingerprint density at radius 3 is 3.05 bits per heavy atom. The van der Waals surface area contributed by atoms with E-state index >= 15 is 0 Å². The van der Waals surface area contributed by atoms with Crippen LogP contribution in [0, 0.1) is 0 Å². The van der Waals surface area contributed by atoms with Gasteiger partial charge in [-0.3, -0.25) is 9.48 Å². The van der Waals surface area contributed by atoms with Crippen LogP contribution in [0.5, 0.6) is 0 Å². The molecular weight excluding hydrogens is 276 g/mol. The molecule has 1 aromatic carbocycles. The molecular formula is C17H18N4O. The van der Waals surface area contributed by atoms with Crippen molar-refractivity contribution in [1.82, 2.24) is 19.7 Å². The quantitative estimate of drug-likeness (QED) is 0.790. The number of fused-ring (bicyclic) bond motifs is 3. The van der Waals surface area contributed by atoms with E-state index in [1.165, 1.54) is 10.9 Å². The summed E-state index contributed by atoms with van der Waals surface area (Å²) in [6.45, 7) is 4.09. The number of rotatable bonds is 2. The van der Waals surface area contributed by atoms with Gasteiger partial charge in [0.15, 0.2) is 0 Å². The molecule has 0 fully saturated rings. The topological polar surface area (TPSA) is 53.9 Å². The van der Waals surface area contributed by atoms with Gasteiger partial charge in [-0.2, -0.15) is 5.10 Å². The fourth-order valence-corrected chi connectivity index (χ4v) is 3.29. The average molecular weight is 294 g/mol. The molecule has 0 unspecified atom stereocenters. The van der Waals surface area contributed by atoms with Gasteiger partial charge in [0.25, 0.3) is 5.91 Å². The van der Waals surface area contributed by atoms with Crippen molar-refractivity contribution in [3.05, 3.63) is 53.5 Å². The number of aryl methyl sites for hydroxylation is 1. The van der Waals surface area contributed by atoms with Gasteiger partial charge < -0.3 is 9.88 Å². The maximum absolute atomic E-state index is 12.7. The minimum Gasteiger partial charge on any atom is -0.357 e. The number of hydrogen-bond acceptors (Lipinski definition) is 2. The highest BCUT2D eigenvalue weighted by atomic mass is 16.2. The molecule has 0 bridgehead atoms. The number of benzene rings is 1. The summed E-state index contributed by atoms with van der Waals surface area (Å²) in [6.07, 6.45) is 2.58. The number of para-hydroxylation sites is 1. The van der Waals surface area contributed by atoms with Crippen LogP contribution < -0.4 is 0 Å². The van der Waals surface area contributed by atoms with E-state index in [9.17, 15) is 4.79 Å². The number of carbonyl (C=O) groups is 1. The van der Waals surface area contributed by atoms with Crippen LogP contribution in [0.2, 0.25) is 0 Å². The Morgan fingerprint density at radius 1 is 1.32 bits per heavy atom. The van der Waals surface area contributed by atoms with Crippen LogP contribution in [0.4, 0.5) is 0 Å². The van der Waals surface area contributed by atoms with Crippen molar-refractivity contribution in [1.29, 1.82) is 0 Å². The third-order valence-electron chi connectivity index (χ3n) is 4.41. The van der Waals surface area contributed by atoms with E-state index in [0.717, 1.165) is 24.2 Å². The van der Waals surface area contributed by atoms with Gasteiger partial charge in [-0.1, -0.05) is 18.2 Å². The molecule has 0 aliphatic carbocycles. The van der Waals surface area contributed by atoms with Crippen molar-refractivity contribution < 1.29 is 4.79 Å². The number of aromatic amines is 1. The number of hydrogen-bond donors (Lipinski definition) is 1. The number of nitrogens with one attached hydrogen (secondary N) is 1. The largest absolute Gasteiger partial charge is 0.357 e. The Labute approximate surface area is 128 Å². The zero-order valence-corrected chi connectivity index (χ0v) is 12.5. The summed E-state index contributed by atoms with van der Waals surface area (Å²) in [7, 11) is 0. The standard InChI is InChI=1S/C17H18N4O/c1-2-21-16(7-9-18-21)17(22)20-10-8-13-12-5-3-4-6-14(12)19-15(13)11-20/h3-7,9,19H,2,8,10-11H2,1H3. The monoisotopic (exact) mass is 294 g/mol. The molecule has 112 valence electrons. The number of carbonyl (C=O) groups excluding carboxylic acids is 1. The molecule has 0 saturated heterocycles. The van der Waals surface area contributed by atoms with Crippen LogP contribution in [0.15, 0.2) is 36.5 Å². The van der Waals surface area contributed by atoms with Gasteiger partial charge in [-0.25, -0.2) is 0 Å². The van der Waals surface area contributed by atoms with Crippen LogP contribution in [-0.2, 0) is 19.5 Å². The Hall–Kier alpha value is -2.56. The zero-order chi connectivity index (χ0) is 15.1. The number of nitrogens with zero attached hydrogens (tertiary/aromatic N) is 3. The van der Waals surface area contributed by atoms with Gasteiger partial charge >= 0.3 is 0 Å². The number of aromatic nitrogens is 3. The molecule has 1 aliphatic rings. The molecule has 1 N–H and O–H groups in total. The third-order valence-corrected chi connectivity index (χ3v) is 4.41. The van der Waals surface area contributed by atoms with Gasteiger partial charge in [0.05, 0.1) is 6.54 Å². The SMILES string of the molecule is CCn1nccc1C(=O)N1CCc2c([nH]c3ccccc23)C1. The van der Waals surface area contributed by atoms with Crippen molar-refractivity contribution in [3.8, 4) is 0 Å². The molecule has 1 aliphatic heterocycles. The highest BCUT2D eigenvalue weighted by Crippen LogP contribution is 2.27. The lowest BCUT2D eigenvalue weighted by atomic mass is 10.0. The fourth-order valence-electron chi connectivity index (χ4n) is 3.29. The van der Waals surface area contributed by atoms with Crippen molar-refractivity contribution in [2.75, 3.05) is 6.54 Å². The second kappa shape index (κ2) is 5.02. The molecule has 0 spiro atoms. The summed E-state index contributed by atoms with van der Waals surface area (Å²) >= 11 is 0. The number of amides is 1. The van der Waals surface area contributed by atoms with Gasteiger partial charge in [-0.05, 0) is 31.0 Å². The van der Waals surface area contributed by atoms with E-state index < -0.39 is 0 Å².